The zero-order valence-corrected chi connectivity index (χ0v) is 12.3. The highest BCUT2D eigenvalue weighted by Gasteiger charge is 2.52. The molecule has 2 N–H and O–H groups in total. The first-order valence-corrected chi connectivity index (χ1v) is 6.97. The first kappa shape index (κ1) is 13.9. The van der Waals surface area contributed by atoms with Crippen LogP contribution in [0.5, 0.6) is 0 Å². The van der Waals surface area contributed by atoms with Crippen LogP contribution in [0.2, 0.25) is 0 Å². The predicted octanol–water partition coefficient (Wildman–Crippen LogP) is 3.05. The summed E-state index contributed by atoms with van der Waals surface area (Å²) in [6.45, 7) is 9.05. The quantitative estimate of drug-likeness (QED) is 0.846. The van der Waals surface area contributed by atoms with E-state index in [1.54, 1.807) is 0 Å². The van der Waals surface area contributed by atoms with Crippen molar-refractivity contribution in [1.82, 2.24) is 4.90 Å². The summed E-state index contributed by atoms with van der Waals surface area (Å²) >= 11 is 0. The fourth-order valence-electron chi connectivity index (χ4n) is 2.47. The van der Waals surface area contributed by atoms with Gasteiger partial charge in [-0.25, -0.2) is 0 Å². The average molecular weight is 260 g/mol. The van der Waals surface area contributed by atoms with Crippen LogP contribution in [0.1, 0.15) is 39.7 Å². The number of para-hydroxylation sites is 1. The lowest BCUT2D eigenvalue weighted by Gasteiger charge is -2.28. The third kappa shape index (κ3) is 2.91. The molecule has 0 spiro atoms. The molecule has 1 aliphatic carbocycles. The summed E-state index contributed by atoms with van der Waals surface area (Å²) < 4.78 is 0. The lowest BCUT2D eigenvalue weighted by molar-refractivity contribution is -0.135. The molecule has 0 aliphatic heterocycles. The van der Waals surface area contributed by atoms with Crippen LogP contribution in [-0.4, -0.2) is 16.8 Å². The number of nitrogens with zero attached hydrogens (tertiary/aromatic N) is 1. The van der Waals surface area contributed by atoms with Crippen molar-refractivity contribution < 1.29 is 4.79 Å². The maximum absolute atomic E-state index is 12.6. The van der Waals surface area contributed by atoms with Crippen molar-refractivity contribution in [3.05, 3.63) is 29.8 Å². The van der Waals surface area contributed by atoms with Crippen LogP contribution in [0.3, 0.4) is 0 Å². The van der Waals surface area contributed by atoms with E-state index in [1.165, 1.54) is 0 Å². The Bertz CT molecular complexity index is 479. The summed E-state index contributed by atoms with van der Waals surface area (Å²) in [6, 6.07) is 7.97. The summed E-state index contributed by atoms with van der Waals surface area (Å²) in [7, 11) is 0. The summed E-state index contributed by atoms with van der Waals surface area (Å²) in [5.74, 6) is 0.447. The molecule has 19 heavy (non-hydrogen) atoms. The molecule has 0 radical (unpaired) electrons. The van der Waals surface area contributed by atoms with Crippen molar-refractivity contribution in [3.63, 3.8) is 0 Å². The molecule has 2 rings (SSSR count). The van der Waals surface area contributed by atoms with Gasteiger partial charge in [0.05, 0.1) is 0 Å². The molecule has 1 fully saturated rings. The normalized spacial score (nSPS) is 20.4. The Balaban J connectivity index is 2.14. The summed E-state index contributed by atoms with van der Waals surface area (Å²) in [6.07, 6.45) is 0.999. The molecule has 1 aromatic rings. The van der Waals surface area contributed by atoms with Crippen molar-refractivity contribution in [3.8, 4) is 0 Å². The Morgan fingerprint density at radius 3 is 2.47 bits per heavy atom. The number of amides is 1. The molecule has 1 saturated carbocycles. The molecule has 104 valence electrons. The molecule has 3 nitrogen and oxygen atoms in total. The molecule has 0 bridgehead atoms. The molecule has 0 aromatic heterocycles. The lowest BCUT2D eigenvalue weighted by Crippen LogP contribution is -2.38. The molecule has 3 heteroatoms. The third-order valence-electron chi connectivity index (χ3n) is 4.11. The standard InChI is InChI=1S/C16H24N2O/c1-11(2)18(15(19)13-9-16(13,3)4)10-12-7-5-6-8-14(12)17/h5-8,11,13H,9-10,17H2,1-4H3. The van der Waals surface area contributed by atoms with E-state index in [1.807, 2.05) is 29.2 Å². The van der Waals surface area contributed by atoms with Crippen LogP contribution in [0.15, 0.2) is 24.3 Å². The van der Waals surface area contributed by atoms with Crippen LogP contribution < -0.4 is 5.73 Å². The number of carbonyl (C=O) groups excluding carboxylic acids is 1. The minimum Gasteiger partial charge on any atom is -0.398 e. The van der Waals surface area contributed by atoms with Gasteiger partial charge in [-0.3, -0.25) is 4.79 Å². The fraction of sp³-hybridized carbons (Fsp3) is 0.562. The molecule has 1 aromatic carbocycles. The monoisotopic (exact) mass is 260 g/mol. The second-order valence-corrected chi connectivity index (χ2v) is 6.50. The van der Waals surface area contributed by atoms with Crippen molar-refractivity contribution >= 4 is 11.6 Å². The number of hydrogen-bond donors (Lipinski definition) is 1. The van der Waals surface area contributed by atoms with Gasteiger partial charge in [0.2, 0.25) is 5.91 Å². The third-order valence-corrected chi connectivity index (χ3v) is 4.11. The van der Waals surface area contributed by atoms with Gasteiger partial charge < -0.3 is 10.6 Å². The Labute approximate surface area is 115 Å². The Hall–Kier alpha value is -1.51. The topological polar surface area (TPSA) is 46.3 Å². The van der Waals surface area contributed by atoms with Gasteiger partial charge in [0.25, 0.3) is 0 Å². The SMILES string of the molecule is CC(C)N(Cc1ccccc1N)C(=O)C1CC1(C)C. The number of nitrogen functional groups attached to an aromatic ring is 1. The second kappa shape index (κ2) is 4.87. The molecule has 1 unspecified atom stereocenters. The summed E-state index contributed by atoms with van der Waals surface area (Å²) in [5.41, 5.74) is 7.94. The maximum Gasteiger partial charge on any atom is 0.226 e. The maximum atomic E-state index is 12.6. The van der Waals surface area contributed by atoms with Crippen LogP contribution in [0.25, 0.3) is 0 Å². The van der Waals surface area contributed by atoms with Crippen LogP contribution >= 0.6 is 0 Å². The summed E-state index contributed by atoms with van der Waals surface area (Å²) in [5, 5.41) is 0. The van der Waals surface area contributed by atoms with E-state index in [9.17, 15) is 4.79 Å². The highest BCUT2D eigenvalue weighted by molar-refractivity contribution is 5.83. The average Bonchev–Trinajstić information content (AvgIpc) is 2.96. The molecular weight excluding hydrogens is 236 g/mol. The minimum atomic E-state index is 0.173. The van der Waals surface area contributed by atoms with Gasteiger partial charge in [0, 0.05) is 24.2 Å². The molecule has 1 amide bonds. The van der Waals surface area contributed by atoms with Gasteiger partial charge >= 0.3 is 0 Å². The largest absolute Gasteiger partial charge is 0.398 e. The van der Waals surface area contributed by atoms with Crippen molar-refractivity contribution in [2.45, 2.75) is 46.7 Å². The van der Waals surface area contributed by atoms with E-state index in [2.05, 4.69) is 27.7 Å². The second-order valence-electron chi connectivity index (χ2n) is 6.50. The number of hydrogen-bond acceptors (Lipinski definition) is 2. The van der Waals surface area contributed by atoms with Gasteiger partial charge in [-0.15, -0.1) is 0 Å². The van der Waals surface area contributed by atoms with E-state index in [0.717, 1.165) is 17.7 Å². The van der Waals surface area contributed by atoms with Crippen LogP contribution in [0.4, 0.5) is 5.69 Å². The van der Waals surface area contributed by atoms with Gasteiger partial charge in [0.15, 0.2) is 0 Å². The zero-order valence-electron chi connectivity index (χ0n) is 12.3. The first-order valence-electron chi connectivity index (χ1n) is 6.97. The fourth-order valence-corrected chi connectivity index (χ4v) is 2.47. The Morgan fingerprint density at radius 1 is 1.42 bits per heavy atom. The van der Waals surface area contributed by atoms with Gasteiger partial charge in [-0.05, 0) is 37.3 Å². The van der Waals surface area contributed by atoms with Gasteiger partial charge in [0.1, 0.15) is 0 Å². The number of benzene rings is 1. The van der Waals surface area contributed by atoms with E-state index >= 15 is 0 Å². The van der Waals surface area contributed by atoms with Crippen molar-refractivity contribution in [1.29, 1.82) is 0 Å². The van der Waals surface area contributed by atoms with Gasteiger partial charge in [-0.1, -0.05) is 32.0 Å². The number of anilines is 1. The lowest BCUT2D eigenvalue weighted by atomic mass is 10.1. The summed E-state index contributed by atoms with van der Waals surface area (Å²) in [4.78, 5) is 14.5. The first-order chi connectivity index (χ1) is 8.83. The molecule has 1 aliphatic rings. The van der Waals surface area contributed by atoms with E-state index in [4.69, 9.17) is 5.73 Å². The van der Waals surface area contributed by atoms with Crippen molar-refractivity contribution in [2.24, 2.45) is 11.3 Å². The molecule has 0 heterocycles. The van der Waals surface area contributed by atoms with E-state index in [0.29, 0.717) is 6.54 Å². The van der Waals surface area contributed by atoms with E-state index in [-0.39, 0.29) is 23.3 Å². The predicted molar refractivity (Wildman–Crippen MR) is 78.4 cm³/mol. The Morgan fingerprint density at radius 2 is 2.00 bits per heavy atom. The van der Waals surface area contributed by atoms with Crippen LogP contribution in [-0.2, 0) is 11.3 Å². The Kier molecular flexibility index (Phi) is 3.57. The number of carbonyl (C=O) groups is 1. The number of nitrogens with two attached hydrogens (primary N) is 1. The molecular formula is C16H24N2O. The molecule has 0 saturated heterocycles. The zero-order chi connectivity index (χ0) is 14.2. The minimum absolute atomic E-state index is 0.173. The highest BCUT2D eigenvalue weighted by Crippen LogP contribution is 2.52. The highest BCUT2D eigenvalue weighted by atomic mass is 16.2. The van der Waals surface area contributed by atoms with E-state index < -0.39 is 0 Å². The smallest absolute Gasteiger partial charge is 0.226 e. The van der Waals surface area contributed by atoms with Crippen LogP contribution in [0, 0.1) is 11.3 Å². The van der Waals surface area contributed by atoms with Gasteiger partial charge in [-0.2, -0.15) is 0 Å². The number of rotatable bonds is 4. The molecule has 1 atom stereocenters. The van der Waals surface area contributed by atoms with Crippen molar-refractivity contribution in [2.75, 3.05) is 5.73 Å².